The van der Waals surface area contributed by atoms with E-state index >= 15 is 0 Å². The van der Waals surface area contributed by atoms with Crippen LogP contribution >= 0.6 is 0 Å². The van der Waals surface area contributed by atoms with Gasteiger partial charge in [0, 0.05) is 5.69 Å². The lowest BCUT2D eigenvalue weighted by atomic mass is 9.75. The second-order valence-electron chi connectivity index (χ2n) is 6.73. The van der Waals surface area contributed by atoms with E-state index in [0.29, 0.717) is 23.4 Å². The third-order valence-electron chi connectivity index (χ3n) is 4.63. The summed E-state index contributed by atoms with van der Waals surface area (Å²) in [5, 5.41) is 0. The summed E-state index contributed by atoms with van der Waals surface area (Å²) in [5.41, 5.74) is 7.41. The summed E-state index contributed by atoms with van der Waals surface area (Å²) in [4.78, 5) is 12.2. The van der Waals surface area contributed by atoms with Crippen molar-refractivity contribution in [2.75, 3.05) is 5.73 Å². The Labute approximate surface area is 127 Å². The summed E-state index contributed by atoms with van der Waals surface area (Å²) in [6.45, 7) is 6.68. The minimum absolute atomic E-state index is 0.0613. The highest BCUT2D eigenvalue weighted by Gasteiger charge is 2.33. The Morgan fingerprint density at radius 2 is 2.05 bits per heavy atom. The number of nitrogen functional groups attached to an aromatic ring is 1. The fraction of sp³-hybridized carbons (Fsp3) is 0.611. The number of benzene rings is 1. The molecule has 0 amide bonds. The lowest BCUT2D eigenvalue weighted by molar-refractivity contribution is -0.155. The Morgan fingerprint density at radius 3 is 2.71 bits per heavy atom. The van der Waals surface area contributed by atoms with E-state index in [4.69, 9.17) is 10.5 Å². The van der Waals surface area contributed by atoms with Crippen LogP contribution in [0.5, 0.6) is 0 Å². The van der Waals surface area contributed by atoms with Gasteiger partial charge in [-0.2, -0.15) is 0 Å². The van der Waals surface area contributed by atoms with Crippen LogP contribution in [-0.4, -0.2) is 12.1 Å². The van der Waals surface area contributed by atoms with Crippen molar-refractivity contribution in [1.82, 2.24) is 0 Å². The number of hydrogen-bond acceptors (Lipinski definition) is 3. The standard InChI is InChI=1S/C18H27NO2/c1-12(2)15-9-8-13(3)10-17(15)21-18(20)11-14-6-4-5-7-16(14)19/h4-7,12-13,15,17H,8-11,19H2,1-3H3. The van der Waals surface area contributed by atoms with Gasteiger partial charge in [-0.15, -0.1) is 0 Å². The summed E-state index contributed by atoms with van der Waals surface area (Å²) in [5.74, 6) is 1.52. The van der Waals surface area contributed by atoms with Gasteiger partial charge in [0.1, 0.15) is 6.10 Å². The molecule has 1 aromatic rings. The minimum Gasteiger partial charge on any atom is -0.462 e. The van der Waals surface area contributed by atoms with Gasteiger partial charge in [0.05, 0.1) is 6.42 Å². The summed E-state index contributed by atoms with van der Waals surface area (Å²) in [7, 11) is 0. The molecule has 3 heteroatoms. The molecular formula is C18H27NO2. The van der Waals surface area contributed by atoms with E-state index in [1.165, 1.54) is 6.42 Å². The molecule has 2 rings (SSSR count). The maximum absolute atomic E-state index is 12.2. The predicted octanol–water partition coefficient (Wildman–Crippen LogP) is 3.82. The molecular weight excluding hydrogens is 262 g/mol. The van der Waals surface area contributed by atoms with Crippen LogP contribution in [0.1, 0.15) is 45.6 Å². The van der Waals surface area contributed by atoms with Crippen molar-refractivity contribution >= 4 is 11.7 Å². The minimum atomic E-state index is -0.155. The van der Waals surface area contributed by atoms with E-state index in [0.717, 1.165) is 18.4 Å². The molecule has 1 fully saturated rings. The first kappa shape index (κ1) is 15.9. The first-order valence-electron chi connectivity index (χ1n) is 8.00. The zero-order valence-corrected chi connectivity index (χ0v) is 13.3. The molecule has 1 saturated carbocycles. The van der Waals surface area contributed by atoms with Gasteiger partial charge >= 0.3 is 5.97 Å². The van der Waals surface area contributed by atoms with Crippen LogP contribution in [-0.2, 0) is 16.0 Å². The molecule has 1 aromatic carbocycles. The fourth-order valence-electron chi connectivity index (χ4n) is 3.31. The van der Waals surface area contributed by atoms with Crippen molar-refractivity contribution in [1.29, 1.82) is 0 Å². The second-order valence-corrected chi connectivity index (χ2v) is 6.73. The van der Waals surface area contributed by atoms with Crippen LogP contribution in [0, 0.1) is 17.8 Å². The number of rotatable bonds is 4. The molecule has 3 atom stereocenters. The first-order chi connectivity index (χ1) is 9.97. The highest BCUT2D eigenvalue weighted by molar-refractivity contribution is 5.75. The van der Waals surface area contributed by atoms with Crippen LogP contribution in [0.15, 0.2) is 24.3 Å². The quantitative estimate of drug-likeness (QED) is 0.677. The molecule has 1 aliphatic rings. The van der Waals surface area contributed by atoms with Crippen LogP contribution in [0.3, 0.4) is 0 Å². The van der Waals surface area contributed by atoms with Gasteiger partial charge in [0.25, 0.3) is 0 Å². The average Bonchev–Trinajstić information content (AvgIpc) is 2.41. The number of nitrogens with two attached hydrogens (primary N) is 1. The van der Waals surface area contributed by atoms with Crippen LogP contribution < -0.4 is 5.73 Å². The number of hydrogen-bond donors (Lipinski definition) is 1. The van der Waals surface area contributed by atoms with Crippen molar-refractivity contribution in [3.05, 3.63) is 29.8 Å². The van der Waals surface area contributed by atoms with E-state index in [9.17, 15) is 4.79 Å². The van der Waals surface area contributed by atoms with E-state index in [1.54, 1.807) is 0 Å². The molecule has 0 spiro atoms. The van der Waals surface area contributed by atoms with E-state index in [1.807, 2.05) is 24.3 Å². The van der Waals surface area contributed by atoms with Gasteiger partial charge in [-0.1, -0.05) is 45.4 Å². The summed E-state index contributed by atoms with van der Waals surface area (Å²) in [6, 6.07) is 7.49. The van der Waals surface area contributed by atoms with Gasteiger partial charge in [-0.25, -0.2) is 0 Å². The molecule has 1 aliphatic carbocycles. The zero-order chi connectivity index (χ0) is 15.4. The number of carbonyl (C=O) groups is 1. The molecule has 3 unspecified atom stereocenters. The molecule has 0 bridgehead atoms. The Kier molecular flexibility index (Phi) is 5.27. The molecule has 21 heavy (non-hydrogen) atoms. The van der Waals surface area contributed by atoms with Crippen LogP contribution in [0.25, 0.3) is 0 Å². The van der Waals surface area contributed by atoms with Crippen molar-refractivity contribution in [3.8, 4) is 0 Å². The number of esters is 1. The smallest absolute Gasteiger partial charge is 0.310 e. The maximum atomic E-state index is 12.2. The van der Waals surface area contributed by atoms with Gasteiger partial charge < -0.3 is 10.5 Å². The lowest BCUT2D eigenvalue weighted by Gasteiger charge is -2.36. The van der Waals surface area contributed by atoms with Crippen molar-refractivity contribution in [3.63, 3.8) is 0 Å². The largest absolute Gasteiger partial charge is 0.462 e. The lowest BCUT2D eigenvalue weighted by Crippen LogP contribution is -2.36. The van der Waals surface area contributed by atoms with Gasteiger partial charge in [0.2, 0.25) is 0 Å². The van der Waals surface area contributed by atoms with E-state index in [2.05, 4.69) is 20.8 Å². The van der Waals surface area contributed by atoms with E-state index in [-0.39, 0.29) is 18.5 Å². The Morgan fingerprint density at radius 1 is 1.33 bits per heavy atom. The monoisotopic (exact) mass is 289 g/mol. The second kappa shape index (κ2) is 6.97. The topological polar surface area (TPSA) is 52.3 Å². The number of anilines is 1. The third-order valence-corrected chi connectivity index (χ3v) is 4.63. The Hall–Kier alpha value is -1.51. The van der Waals surface area contributed by atoms with Crippen molar-refractivity contribution in [2.45, 2.75) is 52.6 Å². The molecule has 2 N–H and O–H groups in total. The molecule has 3 nitrogen and oxygen atoms in total. The highest BCUT2D eigenvalue weighted by atomic mass is 16.5. The maximum Gasteiger partial charge on any atom is 0.310 e. The predicted molar refractivity (Wildman–Crippen MR) is 85.8 cm³/mol. The van der Waals surface area contributed by atoms with Crippen LogP contribution in [0.4, 0.5) is 5.69 Å². The molecule has 0 radical (unpaired) electrons. The van der Waals surface area contributed by atoms with Gasteiger partial charge in [-0.05, 0) is 42.2 Å². The molecule has 0 aliphatic heterocycles. The normalized spacial score (nSPS) is 25.8. The van der Waals surface area contributed by atoms with Crippen LogP contribution in [0.2, 0.25) is 0 Å². The third kappa shape index (κ3) is 4.23. The summed E-state index contributed by atoms with van der Waals surface area (Å²) < 4.78 is 5.80. The first-order valence-corrected chi connectivity index (χ1v) is 8.00. The Balaban J connectivity index is 1.98. The molecule has 0 aromatic heterocycles. The van der Waals surface area contributed by atoms with E-state index < -0.39 is 0 Å². The zero-order valence-electron chi connectivity index (χ0n) is 13.3. The van der Waals surface area contributed by atoms with Gasteiger partial charge in [0.15, 0.2) is 0 Å². The van der Waals surface area contributed by atoms with Gasteiger partial charge in [-0.3, -0.25) is 4.79 Å². The summed E-state index contributed by atoms with van der Waals surface area (Å²) in [6.07, 6.45) is 3.71. The van der Waals surface area contributed by atoms with Crippen molar-refractivity contribution < 1.29 is 9.53 Å². The SMILES string of the molecule is CC1CCC(C(C)C)C(OC(=O)Cc2ccccc2N)C1. The average molecular weight is 289 g/mol. The fourth-order valence-corrected chi connectivity index (χ4v) is 3.31. The molecule has 116 valence electrons. The summed E-state index contributed by atoms with van der Waals surface area (Å²) >= 11 is 0. The number of para-hydroxylation sites is 1. The molecule has 0 heterocycles. The van der Waals surface area contributed by atoms with Crippen molar-refractivity contribution in [2.24, 2.45) is 17.8 Å². The number of carbonyl (C=O) groups excluding carboxylic acids is 1. The number of ether oxygens (including phenoxy) is 1. The Bertz CT molecular complexity index is 484. The molecule has 0 saturated heterocycles. The highest BCUT2D eigenvalue weighted by Crippen LogP contribution is 2.35.